The first-order chi connectivity index (χ1) is 14.1. The number of ether oxygens (including phenoxy) is 2. The highest BCUT2D eigenvalue weighted by Crippen LogP contribution is 2.20. The number of benzene rings is 3. The van der Waals surface area contributed by atoms with E-state index in [0.29, 0.717) is 23.1 Å². The number of anilines is 1. The fourth-order valence-electron chi connectivity index (χ4n) is 2.79. The van der Waals surface area contributed by atoms with Gasteiger partial charge in [0.05, 0.1) is 6.61 Å². The third-order valence-electron chi connectivity index (χ3n) is 4.32. The molecule has 0 heterocycles. The van der Waals surface area contributed by atoms with Gasteiger partial charge in [-0.2, -0.15) is 0 Å². The summed E-state index contributed by atoms with van der Waals surface area (Å²) in [4.78, 5) is 12.4. The van der Waals surface area contributed by atoms with Crippen LogP contribution in [0.2, 0.25) is 5.02 Å². The van der Waals surface area contributed by atoms with Crippen molar-refractivity contribution in [3.63, 3.8) is 0 Å². The van der Waals surface area contributed by atoms with Gasteiger partial charge >= 0.3 is 0 Å². The Bertz CT molecular complexity index is 913. The Balaban J connectivity index is 1.46. The molecule has 1 N–H and O–H groups in total. The fourth-order valence-corrected chi connectivity index (χ4v) is 2.92. The summed E-state index contributed by atoms with van der Waals surface area (Å²) in [5.41, 5.74) is 1.97. The number of rotatable bonds is 9. The van der Waals surface area contributed by atoms with Gasteiger partial charge in [-0.15, -0.1) is 0 Å². The minimum atomic E-state index is -0.647. The van der Waals surface area contributed by atoms with Crippen molar-refractivity contribution in [3.05, 3.63) is 89.4 Å². The molecule has 1 unspecified atom stereocenters. The number of hydrogen-bond acceptors (Lipinski definition) is 3. The van der Waals surface area contributed by atoms with Crippen LogP contribution in [0.4, 0.5) is 5.69 Å². The van der Waals surface area contributed by atoms with Crippen molar-refractivity contribution in [1.29, 1.82) is 0 Å². The van der Waals surface area contributed by atoms with Crippen LogP contribution in [-0.2, 0) is 11.2 Å². The van der Waals surface area contributed by atoms with Gasteiger partial charge < -0.3 is 14.8 Å². The predicted molar refractivity (Wildman–Crippen MR) is 117 cm³/mol. The van der Waals surface area contributed by atoms with Gasteiger partial charge in [-0.25, -0.2) is 0 Å². The minimum absolute atomic E-state index is 0.235. The maximum atomic E-state index is 12.4. The van der Waals surface area contributed by atoms with E-state index in [1.807, 2.05) is 42.5 Å². The average Bonchev–Trinajstić information content (AvgIpc) is 2.74. The SMILES string of the molecule is CC(Oc1ccc(Cl)cc1)C(=O)Nc1cccc(OCCCc2ccccc2)c1. The van der Waals surface area contributed by atoms with Crippen molar-refractivity contribution in [2.24, 2.45) is 0 Å². The monoisotopic (exact) mass is 409 g/mol. The minimum Gasteiger partial charge on any atom is -0.494 e. The quantitative estimate of drug-likeness (QED) is 0.457. The van der Waals surface area contributed by atoms with Crippen LogP contribution in [-0.4, -0.2) is 18.6 Å². The van der Waals surface area contributed by atoms with Crippen LogP contribution in [0.15, 0.2) is 78.9 Å². The van der Waals surface area contributed by atoms with Crippen molar-refractivity contribution in [1.82, 2.24) is 0 Å². The number of carbonyl (C=O) groups excluding carboxylic acids is 1. The molecule has 3 aromatic rings. The van der Waals surface area contributed by atoms with Crippen molar-refractivity contribution in [2.75, 3.05) is 11.9 Å². The van der Waals surface area contributed by atoms with E-state index in [-0.39, 0.29) is 5.91 Å². The van der Waals surface area contributed by atoms with Crippen molar-refractivity contribution in [3.8, 4) is 11.5 Å². The highest BCUT2D eigenvalue weighted by molar-refractivity contribution is 6.30. The topological polar surface area (TPSA) is 47.6 Å². The summed E-state index contributed by atoms with van der Waals surface area (Å²) in [6, 6.07) is 24.6. The second kappa shape index (κ2) is 10.5. The second-order valence-electron chi connectivity index (χ2n) is 6.67. The van der Waals surface area contributed by atoms with E-state index in [1.54, 1.807) is 31.2 Å². The lowest BCUT2D eigenvalue weighted by Gasteiger charge is -2.15. The van der Waals surface area contributed by atoms with Gasteiger partial charge in [0.25, 0.3) is 5.91 Å². The fraction of sp³-hybridized carbons (Fsp3) is 0.208. The smallest absolute Gasteiger partial charge is 0.265 e. The van der Waals surface area contributed by atoms with Gasteiger partial charge in [0.1, 0.15) is 11.5 Å². The Kier molecular flexibility index (Phi) is 7.54. The lowest BCUT2D eigenvalue weighted by Crippen LogP contribution is -2.30. The van der Waals surface area contributed by atoms with E-state index >= 15 is 0 Å². The third kappa shape index (κ3) is 6.84. The van der Waals surface area contributed by atoms with Crippen LogP contribution in [0.1, 0.15) is 18.9 Å². The molecule has 0 fully saturated rings. The lowest BCUT2D eigenvalue weighted by atomic mass is 10.1. The molecule has 0 saturated heterocycles. The lowest BCUT2D eigenvalue weighted by molar-refractivity contribution is -0.122. The largest absolute Gasteiger partial charge is 0.494 e. The first kappa shape index (κ1) is 20.7. The molecule has 4 nitrogen and oxygen atoms in total. The molecule has 150 valence electrons. The Labute approximate surface area is 176 Å². The number of amides is 1. The van der Waals surface area contributed by atoms with Crippen LogP contribution < -0.4 is 14.8 Å². The first-order valence-corrected chi connectivity index (χ1v) is 9.98. The van der Waals surface area contributed by atoms with Gasteiger partial charge in [-0.05, 0) is 61.7 Å². The summed E-state index contributed by atoms with van der Waals surface area (Å²) in [6.07, 6.45) is 1.25. The van der Waals surface area contributed by atoms with E-state index in [9.17, 15) is 4.79 Å². The summed E-state index contributed by atoms with van der Waals surface area (Å²) >= 11 is 5.86. The molecule has 5 heteroatoms. The molecule has 0 aromatic heterocycles. The van der Waals surface area contributed by atoms with E-state index in [1.165, 1.54) is 5.56 Å². The third-order valence-corrected chi connectivity index (χ3v) is 4.57. The molecule has 0 spiro atoms. The molecule has 0 bridgehead atoms. The van der Waals surface area contributed by atoms with Crippen LogP contribution in [0, 0.1) is 0 Å². The molecule has 0 aliphatic carbocycles. The molecule has 0 aliphatic heterocycles. The van der Waals surface area contributed by atoms with Gasteiger partial charge in [-0.1, -0.05) is 48.0 Å². The van der Waals surface area contributed by atoms with Crippen LogP contribution in [0.5, 0.6) is 11.5 Å². The number of halogens is 1. The van der Waals surface area contributed by atoms with Gasteiger partial charge in [0, 0.05) is 16.8 Å². The number of carbonyl (C=O) groups is 1. The zero-order chi connectivity index (χ0) is 20.5. The van der Waals surface area contributed by atoms with Gasteiger partial charge in [-0.3, -0.25) is 4.79 Å². The Morgan fingerprint density at radius 1 is 0.966 bits per heavy atom. The van der Waals surface area contributed by atoms with Gasteiger partial charge in [0.15, 0.2) is 6.10 Å². The van der Waals surface area contributed by atoms with Crippen molar-refractivity contribution >= 4 is 23.2 Å². The molecule has 3 rings (SSSR count). The summed E-state index contributed by atoms with van der Waals surface area (Å²) in [7, 11) is 0. The second-order valence-corrected chi connectivity index (χ2v) is 7.11. The maximum Gasteiger partial charge on any atom is 0.265 e. The summed E-state index contributed by atoms with van der Waals surface area (Å²) in [6.45, 7) is 2.32. The normalized spacial score (nSPS) is 11.5. The molecule has 1 amide bonds. The standard InChI is InChI=1S/C24H24ClNO3/c1-18(29-22-14-12-20(25)13-15-22)24(27)26-21-10-5-11-23(17-21)28-16-6-9-19-7-3-2-4-8-19/h2-5,7-8,10-15,17-18H,6,9,16H2,1H3,(H,26,27). The summed E-state index contributed by atoms with van der Waals surface area (Å²) < 4.78 is 11.5. The number of hydrogen-bond donors (Lipinski definition) is 1. The Morgan fingerprint density at radius 3 is 2.48 bits per heavy atom. The number of aryl methyl sites for hydroxylation is 1. The number of nitrogens with one attached hydrogen (secondary N) is 1. The molecular formula is C24H24ClNO3. The van der Waals surface area contributed by atoms with E-state index in [4.69, 9.17) is 21.1 Å². The Morgan fingerprint density at radius 2 is 1.72 bits per heavy atom. The van der Waals surface area contributed by atoms with Crippen molar-refractivity contribution in [2.45, 2.75) is 25.9 Å². The average molecular weight is 410 g/mol. The first-order valence-electron chi connectivity index (χ1n) is 9.60. The molecule has 1 atom stereocenters. The van der Waals surface area contributed by atoms with E-state index in [0.717, 1.165) is 18.6 Å². The molecule has 0 saturated carbocycles. The zero-order valence-corrected chi connectivity index (χ0v) is 17.1. The molecule has 29 heavy (non-hydrogen) atoms. The van der Waals surface area contributed by atoms with Crippen LogP contribution >= 0.6 is 11.6 Å². The Hall–Kier alpha value is -2.98. The van der Waals surface area contributed by atoms with E-state index < -0.39 is 6.10 Å². The van der Waals surface area contributed by atoms with Crippen molar-refractivity contribution < 1.29 is 14.3 Å². The highest BCUT2D eigenvalue weighted by Gasteiger charge is 2.15. The van der Waals surface area contributed by atoms with Crippen LogP contribution in [0.25, 0.3) is 0 Å². The maximum absolute atomic E-state index is 12.4. The molecule has 0 radical (unpaired) electrons. The van der Waals surface area contributed by atoms with Gasteiger partial charge in [0.2, 0.25) is 0 Å². The molecular weight excluding hydrogens is 386 g/mol. The predicted octanol–water partition coefficient (Wildman–Crippen LogP) is 5.76. The molecule has 3 aromatic carbocycles. The van der Waals surface area contributed by atoms with Crippen LogP contribution in [0.3, 0.4) is 0 Å². The summed E-state index contributed by atoms with van der Waals surface area (Å²) in [5, 5.41) is 3.48. The zero-order valence-electron chi connectivity index (χ0n) is 16.3. The summed E-state index contributed by atoms with van der Waals surface area (Å²) in [5.74, 6) is 1.08. The molecule has 0 aliphatic rings. The van der Waals surface area contributed by atoms with E-state index in [2.05, 4.69) is 17.4 Å². The highest BCUT2D eigenvalue weighted by atomic mass is 35.5.